The molecule has 1 unspecified atom stereocenters. The van der Waals surface area contributed by atoms with Crippen molar-refractivity contribution in [1.29, 1.82) is 0 Å². The van der Waals surface area contributed by atoms with Crippen LogP contribution in [-0.4, -0.2) is 51.8 Å². The zero-order chi connectivity index (χ0) is 25.2. The van der Waals surface area contributed by atoms with Gasteiger partial charge in [0.1, 0.15) is 6.04 Å². The third-order valence-electron chi connectivity index (χ3n) is 7.27. The highest BCUT2D eigenvalue weighted by molar-refractivity contribution is 5.99. The van der Waals surface area contributed by atoms with Gasteiger partial charge in [0.25, 0.3) is 5.91 Å². The Labute approximate surface area is 206 Å². The Kier molecular flexibility index (Phi) is 7.15. The van der Waals surface area contributed by atoms with Crippen LogP contribution in [0.4, 0.5) is 5.82 Å². The summed E-state index contributed by atoms with van der Waals surface area (Å²) in [6.45, 7) is 7.61. The van der Waals surface area contributed by atoms with E-state index in [1.165, 1.54) is 0 Å². The topological polar surface area (TPSA) is 139 Å². The number of carbonyl (C=O) groups is 2. The molecule has 2 aliphatic carbocycles. The SMILES string of the molecule is C#CCCC1(CCN(C(=O)c2nonc2N)C(C(=O)NCC2CC2)C2CC(CC(C)(C)C)C2)N=N1. The predicted molar refractivity (Wildman–Crippen MR) is 130 cm³/mol. The molecule has 1 atom stereocenters. The van der Waals surface area contributed by atoms with Crippen LogP contribution in [0.5, 0.6) is 0 Å². The molecule has 2 fully saturated rings. The molecule has 3 aliphatic rings. The molecule has 0 spiro atoms. The van der Waals surface area contributed by atoms with Gasteiger partial charge in [0, 0.05) is 32.4 Å². The molecule has 190 valence electrons. The fraction of sp³-hybridized carbons (Fsp3) is 0.760. The fourth-order valence-corrected chi connectivity index (χ4v) is 5.17. The van der Waals surface area contributed by atoms with Crippen LogP contribution < -0.4 is 11.1 Å². The van der Waals surface area contributed by atoms with Gasteiger partial charge < -0.3 is 16.0 Å². The number of rotatable bonds is 12. The van der Waals surface area contributed by atoms with Crippen molar-refractivity contribution in [2.75, 3.05) is 18.8 Å². The maximum absolute atomic E-state index is 13.6. The number of aromatic nitrogens is 2. The molecule has 2 amide bonds. The zero-order valence-electron chi connectivity index (χ0n) is 21.0. The predicted octanol–water partition coefficient (Wildman–Crippen LogP) is 3.42. The Bertz CT molecular complexity index is 989. The number of carbonyl (C=O) groups excluding carboxylic acids is 2. The Morgan fingerprint density at radius 2 is 1.94 bits per heavy atom. The molecular formula is C25H37N7O3. The molecule has 1 aliphatic heterocycles. The Morgan fingerprint density at radius 1 is 1.23 bits per heavy atom. The third-order valence-corrected chi connectivity index (χ3v) is 7.27. The second-order valence-corrected chi connectivity index (χ2v) is 11.6. The molecule has 0 radical (unpaired) electrons. The van der Waals surface area contributed by atoms with Crippen LogP contribution >= 0.6 is 0 Å². The Balaban J connectivity index is 1.54. The highest BCUT2D eigenvalue weighted by Crippen LogP contribution is 2.45. The normalized spacial score (nSPS) is 23.1. The van der Waals surface area contributed by atoms with Crippen LogP contribution in [0, 0.1) is 35.5 Å². The van der Waals surface area contributed by atoms with E-state index in [4.69, 9.17) is 16.8 Å². The zero-order valence-corrected chi connectivity index (χ0v) is 21.0. The van der Waals surface area contributed by atoms with E-state index >= 15 is 0 Å². The first-order chi connectivity index (χ1) is 16.6. The van der Waals surface area contributed by atoms with Gasteiger partial charge in [-0.1, -0.05) is 20.8 Å². The lowest BCUT2D eigenvalue weighted by atomic mass is 9.65. The molecule has 1 aromatic heterocycles. The molecule has 2 heterocycles. The van der Waals surface area contributed by atoms with Crippen molar-refractivity contribution in [3.63, 3.8) is 0 Å². The van der Waals surface area contributed by atoms with Gasteiger partial charge >= 0.3 is 0 Å². The van der Waals surface area contributed by atoms with Crippen molar-refractivity contribution in [2.24, 2.45) is 33.4 Å². The molecule has 3 N–H and O–H groups in total. The molecule has 4 rings (SSSR count). The molecule has 1 aromatic rings. The fourth-order valence-electron chi connectivity index (χ4n) is 5.17. The number of nitrogen functional groups attached to an aromatic ring is 1. The van der Waals surface area contributed by atoms with Crippen LogP contribution in [0.2, 0.25) is 0 Å². The van der Waals surface area contributed by atoms with Crippen LogP contribution in [0.1, 0.15) is 82.6 Å². The quantitative estimate of drug-likeness (QED) is 0.437. The van der Waals surface area contributed by atoms with Gasteiger partial charge in [-0.05, 0) is 65.6 Å². The smallest absolute Gasteiger partial charge is 0.280 e. The number of hydrogen-bond donors (Lipinski definition) is 2. The monoisotopic (exact) mass is 483 g/mol. The number of nitrogens with zero attached hydrogens (tertiary/aromatic N) is 5. The van der Waals surface area contributed by atoms with Gasteiger partial charge in [0.2, 0.25) is 17.4 Å². The van der Waals surface area contributed by atoms with E-state index in [0.29, 0.717) is 37.6 Å². The lowest BCUT2D eigenvalue weighted by Gasteiger charge is -2.45. The number of terminal acetylenes is 1. The molecular weight excluding hydrogens is 446 g/mol. The van der Waals surface area contributed by atoms with Gasteiger partial charge in [-0.25, -0.2) is 4.63 Å². The summed E-state index contributed by atoms with van der Waals surface area (Å²) >= 11 is 0. The van der Waals surface area contributed by atoms with E-state index in [0.717, 1.165) is 32.1 Å². The number of amides is 2. The van der Waals surface area contributed by atoms with E-state index in [1.807, 2.05) is 0 Å². The Hall–Kier alpha value is -2.96. The largest absolute Gasteiger partial charge is 0.379 e. The molecule has 10 heteroatoms. The van der Waals surface area contributed by atoms with Gasteiger partial charge in [-0.3, -0.25) is 9.59 Å². The molecule has 0 saturated heterocycles. The summed E-state index contributed by atoms with van der Waals surface area (Å²) in [6.07, 6.45) is 12.2. The highest BCUT2D eigenvalue weighted by Gasteiger charge is 2.47. The molecule has 0 aromatic carbocycles. The van der Waals surface area contributed by atoms with E-state index in [9.17, 15) is 9.59 Å². The Morgan fingerprint density at radius 3 is 2.49 bits per heavy atom. The summed E-state index contributed by atoms with van der Waals surface area (Å²) in [6, 6.07) is -0.628. The lowest BCUT2D eigenvalue weighted by molar-refractivity contribution is -0.130. The molecule has 0 bridgehead atoms. The van der Waals surface area contributed by atoms with E-state index in [1.54, 1.807) is 4.90 Å². The van der Waals surface area contributed by atoms with Crippen LogP contribution in [0.15, 0.2) is 14.9 Å². The van der Waals surface area contributed by atoms with Gasteiger partial charge in [0.15, 0.2) is 5.66 Å². The maximum atomic E-state index is 13.6. The summed E-state index contributed by atoms with van der Waals surface area (Å²) in [4.78, 5) is 28.8. The second-order valence-electron chi connectivity index (χ2n) is 11.6. The molecule has 2 saturated carbocycles. The number of nitrogens with one attached hydrogen (secondary N) is 1. The number of nitrogens with two attached hydrogens (primary N) is 1. The average molecular weight is 484 g/mol. The lowest BCUT2D eigenvalue weighted by Crippen LogP contribution is -2.57. The number of anilines is 1. The molecule has 35 heavy (non-hydrogen) atoms. The van der Waals surface area contributed by atoms with E-state index < -0.39 is 17.6 Å². The van der Waals surface area contributed by atoms with E-state index in [2.05, 4.69) is 52.6 Å². The standard InChI is InChI=1S/C25H37N7O3/c1-5-6-9-25(30-31-25)10-11-32(23(34)19-21(26)29-35-28-19)20(22(33)27-15-16-7-8-16)18-12-17(13-18)14-24(2,3)4/h1,16-18,20H,6-15H2,2-4H3,(H2,26,29)(H,27,33). The summed E-state index contributed by atoms with van der Waals surface area (Å²) in [5.74, 6) is 3.08. The van der Waals surface area contributed by atoms with Crippen LogP contribution in [0.25, 0.3) is 0 Å². The minimum Gasteiger partial charge on any atom is -0.379 e. The summed E-state index contributed by atoms with van der Waals surface area (Å²) in [5, 5.41) is 18.8. The van der Waals surface area contributed by atoms with Crippen molar-refractivity contribution in [3.8, 4) is 12.3 Å². The minimum atomic E-state index is -0.628. The minimum absolute atomic E-state index is 0.0568. The van der Waals surface area contributed by atoms with Crippen molar-refractivity contribution in [3.05, 3.63) is 5.69 Å². The summed E-state index contributed by atoms with van der Waals surface area (Å²) in [5.41, 5.74) is 5.43. The first-order valence-corrected chi connectivity index (χ1v) is 12.6. The summed E-state index contributed by atoms with van der Waals surface area (Å²) in [7, 11) is 0. The summed E-state index contributed by atoms with van der Waals surface area (Å²) < 4.78 is 4.70. The van der Waals surface area contributed by atoms with Crippen molar-refractivity contribution in [2.45, 2.75) is 83.8 Å². The van der Waals surface area contributed by atoms with Crippen LogP contribution in [-0.2, 0) is 4.79 Å². The number of hydrogen-bond acceptors (Lipinski definition) is 8. The van der Waals surface area contributed by atoms with Gasteiger partial charge in [-0.15, -0.1) is 12.3 Å². The third kappa shape index (κ3) is 6.38. The molecule has 10 nitrogen and oxygen atoms in total. The van der Waals surface area contributed by atoms with Crippen molar-refractivity contribution >= 4 is 17.6 Å². The van der Waals surface area contributed by atoms with Gasteiger partial charge in [0.05, 0.1) is 0 Å². The first-order valence-electron chi connectivity index (χ1n) is 12.6. The van der Waals surface area contributed by atoms with Crippen molar-refractivity contribution in [1.82, 2.24) is 20.5 Å². The van der Waals surface area contributed by atoms with Crippen molar-refractivity contribution < 1.29 is 14.2 Å². The second kappa shape index (κ2) is 9.96. The highest BCUT2D eigenvalue weighted by atomic mass is 16.6. The average Bonchev–Trinajstić information content (AvgIpc) is 3.69. The van der Waals surface area contributed by atoms with E-state index in [-0.39, 0.29) is 35.3 Å². The van der Waals surface area contributed by atoms with Gasteiger partial charge in [-0.2, -0.15) is 10.2 Å². The first kappa shape index (κ1) is 25.1. The maximum Gasteiger partial charge on any atom is 0.280 e. The van der Waals surface area contributed by atoms with Crippen LogP contribution in [0.3, 0.4) is 0 Å².